The summed E-state index contributed by atoms with van der Waals surface area (Å²) in [6.45, 7) is 7.52. The number of carbonyl (C=O) groups is 2. The van der Waals surface area contributed by atoms with Crippen molar-refractivity contribution in [2.75, 3.05) is 39.4 Å². The largest absolute Gasteiger partial charge is 0.507 e. The van der Waals surface area contributed by atoms with Crippen LogP contribution in [0.3, 0.4) is 0 Å². The minimum absolute atomic E-state index is 0.0338. The number of benzene rings is 1. The van der Waals surface area contributed by atoms with E-state index < -0.39 is 23.5 Å². The van der Waals surface area contributed by atoms with Gasteiger partial charge in [0.05, 0.1) is 36.1 Å². The molecule has 1 aromatic carbocycles. The van der Waals surface area contributed by atoms with Crippen LogP contribution in [0.4, 0.5) is 4.39 Å². The Labute approximate surface area is 191 Å². The van der Waals surface area contributed by atoms with E-state index in [2.05, 4.69) is 14.9 Å². The third-order valence-corrected chi connectivity index (χ3v) is 6.06. The number of halogens is 1. The zero-order valence-corrected chi connectivity index (χ0v) is 18.8. The highest BCUT2D eigenvalue weighted by molar-refractivity contribution is 6.46. The number of likely N-dealkylation sites (tertiary alicyclic amines) is 1. The van der Waals surface area contributed by atoms with Gasteiger partial charge in [-0.3, -0.25) is 14.5 Å². The molecule has 2 fully saturated rings. The molecule has 33 heavy (non-hydrogen) atoms. The molecule has 4 rings (SSSR count). The lowest BCUT2D eigenvalue weighted by Gasteiger charge is -2.29. The van der Waals surface area contributed by atoms with E-state index in [0.29, 0.717) is 48.8 Å². The predicted molar refractivity (Wildman–Crippen MR) is 119 cm³/mol. The van der Waals surface area contributed by atoms with E-state index >= 15 is 0 Å². The number of hydrogen-bond acceptors (Lipinski definition) is 7. The Morgan fingerprint density at radius 1 is 1.15 bits per heavy atom. The zero-order valence-electron chi connectivity index (χ0n) is 18.8. The van der Waals surface area contributed by atoms with Crippen molar-refractivity contribution in [2.45, 2.75) is 26.3 Å². The molecule has 8 nitrogen and oxygen atoms in total. The van der Waals surface area contributed by atoms with Crippen LogP contribution in [-0.2, 0) is 14.3 Å². The molecular formula is C24H27FN4O4. The summed E-state index contributed by atoms with van der Waals surface area (Å²) in [6.07, 6.45) is 2.10. The molecule has 3 heterocycles. The smallest absolute Gasteiger partial charge is 0.295 e. The highest BCUT2D eigenvalue weighted by Crippen LogP contribution is 2.39. The molecule has 9 heteroatoms. The van der Waals surface area contributed by atoms with Gasteiger partial charge in [-0.25, -0.2) is 14.4 Å². The van der Waals surface area contributed by atoms with E-state index in [1.165, 1.54) is 35.4 Å². The van der Waals surface area contributed by atoms with Crippen LogP contribution >= 0.6 is 0 Å². The molecule has 0 radical (unpaired) electrons. The van der Waals surface area contributed by atoms with Gasteiger partial charge in [-0.1, -0.05) is 12.1 Å². The Hall–Kier alpha value is -3.17. The number of aryl methyl sites for hydroxylation is 2. The number of ether oxygens (including phenoxy) is 1. The topological polar surface area (TPSA) is 95.9 Å². The number of morpholine rings is 1. The maximum atomic E-state index is 13.6. The van der Waals surface area contributed by atoms with Crippen molar-refractivity contribution in [1.82, 2.24) is 19.8 Å². The number of hydrogen-bond donors (Lipinski definition) is 1. The molecular weight excluding hydrogens is 427 g/mol. The summed E-state index contributed by atoms with van der Waals surface area (Å²) in [5.74, 6) is -1.67. The Morgan fingerprint density at radius 3 is 2.52 bits per heavy atom. The van der Waals surface area contributed by atoms with Crippen LogP contribution < -0.4 is 0 Å². The first-order valence-electron chi connectivity index (χ1n) is 11.0. The fourth-order valence-corrected chi connectivity index (χ4v) is 4.35. The lowest BCUT2D eigenvalue weighted by Crippen LogP contribution is -2.38. The van der Waals surface area contributed by atoms with Gasteiger partial charge in [-0.05, 0) is 38.0 Å². The first-order chi connectivity index (χ1) is 15.9. The molecule has 0 unspecified atom stereocenters. The maximum absolute atomic E-state index is 13.6. The second kappa shape index (κ2) is 9.76. The lowest BCUT2D eigenvalue weighted by molar-refractivity contribution is -0.140. The normalized spacial score (nSPS) is 21.1. The van der Waals surface area contributed by atoms with Crippen molar-refractivity contribution in [3.8, 4) is 0 Å². The molecule has 2 aromatic rings. The summed E-state index contributed by atoms with van der Waals surface area (Å²) in [5, 5.41) is 11.1. The van der Waals surface area contributed by atoms with Gasteiger partial charge in [0.1, 0.15) is 17.4 Å². The Morgan fingerprint density at radius 2 is 1.85 bits per heavy atom. The molecule has 0 spiro atoms. The van der Waals surface area contributed by atoms with Gasteiger partial charge in [0.15, 0.2) is 0 Å². The summed E-state index contributed by atoms with van der Waals surface area (Å²) >= 11 is 0. The predicted octanol–water partition coefficient (Wildman–Crippen LogP) is 2.38. The number of amides is 1. The Balaban J connectivity index is 1.69. The van der Waals surface area contributed by atoms with Gasteiger partial charge in [-0.2, -0.15) is 0 Å². The minimum Gasteiger partial charge on any atom is -0.507 e. The van der Waals surface area contributed by atoms with E-state index in [1.807, 2.05) is 0 Å². The summed E-state index contributed by atoms with van der Waals surface area (Å²) in [7, 11) is 0. The fourth-order valence-electron chi connectivity index (χ4n) is 4.35. The van der Waals surface area contributed by atoms with Crippen LogP contribution in [0.15, 0.2) is 36.0 Å². The first kappa shape index (κ1) is 23.0. The summed E-state index contributed by atoms with van der Waals surface area (Å²) in [4.78, 5) is 38.2. The fraction of sp³-hybridized carbons (Fsp3) is 0.417. The molecule has 2 saturated heterocycles. The van der Waals surface area contributed by atoms with E-state index in [-0.39, 0.29) is 11.3 Å². The van der Waals surface area contributed by atoms with Crippen molar-refractivity contribution < 1.29 is 23.8 Å². The maximum Gasteiger partial charge on any atom is 0.295 e. The number of Topliss-reactive ketones (excluding diaryl/α,β-unsaturated/α-hetero) is 1. The summed E-state index contributed by atoms with van der Waals surface area (Å²) in [5.41, 5.74) is 1.30. The minimum atomic E-state index is -0.823. The second-order valence-corrected chi connectivity index (χ2v) is 8.27. The van der Waals surface area contributed by atoms with Gasteiger partial charge in [0.25, 0.3) is 11.7 Å². The third-order valence-electron chi connectivity index (χ3n) is 6.06. The SMILES string of the molecule is Cc1ncc(/C(O)=C2\C(=O)C(=O)N(CCCN3CCOCC3)[C@@H]2c2ccc(F)cc2)c(C)n1. The number of rotatable bonds is 6. The average molecular weight is 455 g/mol. The molecule has 0 saturated carbocycles. The van der Waals surface area contributed by atoms with Crippen LogP contribution in [0.1, 0.15) is 35.1 Å². The molecule has 1 amide bonds. The zero-order chi connectivity index (χ0) is 23.5. The Kier molecular flexibility index (Phi) is 6.80. The van der Waals surface area contributed by atoms with E-state index in [1.54, 1.807) is 13.8 Å². The molecule has 1 aromatic heterocycles. The van der Waals surface area contributed by atoms with Crippen molar-refractivity contribution in [1.29, 1.82) is 0 Å². The van der Waals surface area contributed by atoms with Gasteiger partial charge in [-0.15, -0.1) is 0 Å². The second-order valence-electron chi connectivity index (χ2n) is 8.27. The highest BCUT2D eigenvalue weighted by atomic mass is 19.1. The molecule has 174 valence electrons. The van der Waals surface area contributed by atoms with Crippen molar-refractivity contribution >= 4 is 17.4 Å². The Bertz CT molecular complexity index is 1080. The standard InChI is InChI=1S/C24H27FN4O4/c1-15-19(14-26-16(2)27-15)22(30)20-21(17-4-6-18(25)7-5-17)29(24(32)23(20)31)9-3-8-28-10-12-33-13-11-28/h4-7,14,21,30H,3,8-13H2,1-2H3/b22-20+/t21-/m1/s1. The van der Waals surface area contributed by atoms with Crippen molar-refractivity contribution in [3.63, 3.8) is 0 Å². The molecule has 2 aliphatic rings. The average Bonchev–Trinajstić information content (AvgIpc) is 3.05. The van der Waals surface area contributed by atoms with E-state index in [4.69, 9.17) is 4.74 Å². The number of carbonyl (C=O) groups excluding carboxylic acids is 2. The van der Waals surface area contributed by atoms with Crippen LogP contribution in [0.2, 0.25) is 0 Å². The van der Waals surface area contributed by atoms with Gasteiger partial charge >= 0.3 is 0 Å². The number of nitrogens with zero attached hydrogens (tertiary/aromatic N) is 4. The quantitative estimate of drug-likeness (QED) is 0.407. The lowest BCUT2D eigenvalue weighted by atomic mass is 9.95. The monoisotopic (exact) mass is 454 g/mol. The molecule has 0 bridgehead atoms. The summed E-state index contributed by atoms with van der Waals surface area (Å²) < 4.78 is 19.0. The van der Waals surface area contributed by atoms with Crippen LogP contribution in [0.25, 0.3) is 5.76 Å². The summed E-state index contributed by atoms with van der Waals surface area (Å²) in [6, 6.07) is 4.81. The van der Waals surface area contributed by atoms with Gasteiger partial charge in [0, 0.05) is 32.4 Å². The first-order valence-corrected chi connectivity index (χ1v) is 11.0. The van der Waals surface area contributed by atoms with Crippen LogP contribution in [-0.4, -0.2) is 76.0 Å². The van der Waals surface area contributed by atoms with E-state index in [0.717, 1.165) is 19.6 Å². The number of aliphatic hydroxyl groups excluding tert-OH is 1. The van der Waals surface area contributed by atoms with Crippen LogP contribution in [0, 0.1) is 19.7 Å². The molecule has 1 atom stereocenters. The van der Waals surface area contributed by atoms with Crippen molar-refractivity contribution in [2.24, 2.45) is 0 Å². The third kappa shape index (κ3) is 4.79. The van der Waals surface area contributed by atoms with Gasteiger partial charge in [0.2, 0.25) is 0 Å². The number of aromatic nitrogens is 2. The number of ketones is 1. The number of aliphatic hydroxyl groups is 1. The van der Waals surface area contributed by atoms with E-state index in [9.17, 15) is 19.1 Å². The molecule has 2 aliphatic heterocycles. The van der Waals surface area contributed by atoms with Crippen molar-refractivity contribution in [3.05, 3.63) is 64.5 Å². The molecule has 0 aliphatic carbocycles. The molecule has 1 N–H and O–H groups in total. The highest BCUT2D eigenvalue weighted by Gasteiger charge is 2.46. The van der Waals surface area contributed by atoms with Crippen LogP contribution in [0.5, 0.6) is 0 Å². The van der Waals surface area contributed by atoms with Gasteiger partial charge < -0.3 is 14.7 Å².